The molecule has 0 atom stereocenters. The molecule has 0 aromatic carbocycles. The molecule has 0 bridgehead atoms. The molecule has 3 N–H and O–H groups in total. The second-order valence-corrected chi connectivity index (χ2v) is 6.81. The van der Waals surface area contributed by atoms with Gasteiger partial charge in [0.2, 0.25) is 0 Å². The highest BCUT2D eigenvalue weighted by molar-refractivity contribution is 7.89. The standard InChI is InChI=1S/C11H22N4O2S/c1-8(2)5-6-15(4)18(16,17)11-10(7-12)9(3)13-14-11/h8H,5-7,12H2,1-4H3,(H,13,14). The Morgan fingerprint density at radius 3 is 2.56 bits per heavy atom. The first kappa shape index (κ1) is 15.1. The topological polar surface area (TPSA) is 92.1 Å². The molecular formula is C11H22N4O2S. The molecule has 0 unspecified atom stereocenters. The second-order valence-electron chi connectivity index (χ2n) is 4.85. The lowest BCUT2D eigenvalue weighted by Crippen LogP contribution is -2.30. The summed E-state index contributed by atoms with van der Waals surface area (Å²) < 4.78 is 26.0. The minimum absolute atomic E-state index is 0.0498. The fourth-order valence-electron chi connectivity index (χ4n) is 1.59. The Balaban J connectivity index is 2.98. The summed E-state index contributed by atoms with van der Waals surface area (Å²) in [5, 5.41) is 6.60. The predicted octanol–water partition coefficient (Wildman–Crippen LogP) is 0.843. The van der Waals surface area contributed by atoms with E-state index in [1.165, 1.54) is 4.31 Å². The van der Waals surface area contributed by atoms with Crippen LogP contribution in [-0.2, 0) is 16.6 Å². The molecular weight excluding hydrogens is 252 g/mol. The number of nitrogens with one attached hydrogen (secondary N) is 1. The molecule has 1 rings (SSSR count). The maximum absolute atomic E-state index is 12.3. The molecule has 0 saturated carbocycles. The first-order chi connectivity index (χ1) is 8.30. The van der Waals surface area contributed by atoms with Gasteiger partial charge < -0.3 is 5.73 Å². The van der Waals surface area contributed by atoms with Gasteiger partial charge in [-0.05, 0) is 19.3 Å². The largest absolute Gasteiger partial charge is 0.326 e. The summed E-state index contributed by atoms with van der Waals surface area (Å²) in [6.07, 6.45) is 0.817. The van der Waals surface area contributed by atoms with E-state index in [-0.39, 0.29) is 11.6 Å². The second kappa shape index (κ2) is 5.81. The first-order valence-corrected chi connectivity index (χ1v) is 7.45. The number of H-pyrrole nitrogens is 1. The predicted molar refractivity (Wildman–Crippen MR) is 70.5 cm³/mol. The van der Waals surface area contributed by atoms with Crippen molar-refractivity contribution in [3.8, 4) is 0 Å². The number of hydrogen-bond donors (Lipinski definition) is 2. The average Bonchev–Trinajstić information content (AvgIpc) is 2.67. The molecule has 0 aliphatic carbocycles. The number of nitrogens with zero attached hydrogens (tertiary/aromatic N) is 2. The van der Waals surface area contributed by atoms with E-state index in [0.29, 0.717) is 23.7 Å². The number of hydrogen-bond acceptors (Lipinski definition) is 4. The van der Waals surface area contributed by atoms with E-state index >= 15 is 0 Å². The van der Waals surface area contributed by atoms with Gasteiger partial charge >= 0.3 is 0 Å². The van der Waals surface area contributed by atoms with Crippen LogP contribution in [-0.4, -0.2) is 36.5 Å². The van der Waals surface area contributed by atoms with Crippen LogP contribution in [0.4, 0.5) is 0 Å². The highest BCUT2D eigenvalue weighted by atomic mass is 32.2. The van der Waals surface area contributed by atoms with Gasteiger partial charge in [-0.25, -0.2) is 8.42 Å². The van der Waals surface area contributed by atoms with Gasteiger partial charge in [0.05, 0.1) is 0 Å². The van der Waals surface area contributed by atoms with Crippen LogP contribution in [0.15, 0.2) is 5.03 Å². The van der Waals surface area contributed by atoms with E-state index in [9.17, 15) is 8.42 Å². The van der Waals surface area contributed by atoms with Crippen LogP contribution in [0.1, 0.15) is 31.5 Å². The van der Waals surface area contributed by atoms with Gasteiger partial charge in [-0.1, -0.05) is 13.8 Å². The molecule has 0 spiro atoms. The highest BCUT2D eigenvalue weighted by Gasteiger charge is 2.27. The summed E-state index contributed by atoms with van der Waals surface area (Å²) in [5.74, 6) is 0.456. The third kappa shape index (κ3) is 3.09. The van der Waals surface area contributed by atoms with Crippen LogP contribution < -0.4 is 5.73 Å². The van der Waals surface area contributed by atoms with E-state index < -0.39 is 10.0 Å². The molecule has 6 nitrogen and oxygen atoms in total. The van der Waals surface area contributed by atoms with Crippen LogP contribution in [0.3, 0.4) is 0 Å². The van der Waals surface area contributed by atoms with Crippen LogP contribution in [0.25, 0.3) is 0 Å². The van der Waals surface area contributed by atoms with Crippen molar-refractivity contribution in [1.82, 2.24) is 14.5 Å². The summed E-state index contributed by atoms with van der Waals surface area (Å²) in [6.45, 7) is 6.53. The third-order valence-corrected chi connectivity index (χ3v) is 4.75. The Kier molecular flexibility index (Phi) is 4.89. The van der Waals surface area contributed by atoms with E-state index in [1.54, 1.807) is 14.0 Å². The Hall–Kier alpha value is -0.920. The molecule has 0 saturated heterocycles. The number of nitrogens with two attached hydrogens (primary N) is 1. The number of sulfonamides is 1. The summed E-state index contributed by atoms with van der Waals surface area (Å²) in [6, 6.07) is 0. The van der Waals surface area contributed by atoms with Crippen molar-refractivity contribution in [2.24, 2.45) is 11.7 Å². The zero-order valence-electron chi connectivity index (χ0n) is 11.4. The Labute approximate surface area is 109 Å². The molecule has 0 radical (unpaired) electrons. The van der Waals surface area contributed by atoms with Gasteiger partial charge in [0, 0.05) is 31.4 Å². The van der Waals surface area contributed by atoms with Crippen molar-refractivity contribution in [3.63, 3.8) is 0 Å². The van der Waals surface area contributed by atoms with E-state index in [0.717, 1.165) is 6.42 Å². The summed E-state index contributed by atoms with van der Waals surface area (Å²) in [7, 11) is -1.97. The lowest BCUT2D eigenvalue weighted by atomic mass is 10.1. The van der Waals surface area contributed by atoms with Crippen molar-refractivity contribution in [1.29, 1.82) is 0 Å². The Morgan fingerprint density at radius 1 is 1.44 bits per heavy atom. The fourth-order valence-corrected chi connectivity index (χ4v) is 2.94. The van der Waals surface area contributed by atoms with Crippen molar-refractivity contribution < 1.29 is 8.42 Å². The smallest absolute Gasteiger partial charge is 0.262 e. The molecule has 1 aromatic heterocycles. The SMILES string of the molecule is Cc1[nH]nc(S(=O)(=O)N(C)CCC(C)C)c1CN. The maximum Gasteiger partial charge on any atom is 0.262 e. The van der Waals surface area contributed by atoms with Gasteiger partial charge in [0.15, 0.2) is 5.03 Å². The van der Waals surface area contributed by atoms with Crippen molar-refractivity contribution in [3.05, 3.63) is 11.3 Å². The molecule has 0 fully saturated rings. The van der Waals surface area contributed by atoms with Gasteiger partial charge in [0.25, 0.3) is 10.0 Å². The van der Waals surface area contributed by atoms with Crippen molar-refractivity contribution in [2.45, 2.75) is 38.8 Å². The monoisotopic (exact) mass is 274 g/mol. The van der Waals surface area contributed by atoms with Crippen LogP contribution in [0.5, 0.6) is 0 Å². The van der Waals surface area contributed by atoms with Crippen LogP contribution in [0, 0.1) is 12.8 Å². The number of rotatable bonds is 6. The van der Waals surface area contributed by atoms with Crippen molar-refractivity contribution >= 4 is 10.0 Å². The summed E-state index contributed by atoms with van der Waals surface area (Å²) in [4.78, 5) is 0. The van der Waals surface area contributed by atoms with Crippen LogP contribution >= 0.6 is 0 Å². The van der Waals surface area contributed by atoms with Crippen molar-refractivity contribution in [2.75, 3.05) is 13.6 Å². The molecule has 0 aliphatic heterocycles. The minimum atomic E-state index is -3.55. The lowest BCUT2D eigenvalue weighted by Gasteiger charge is -2.17. The molecule has 104 valence electrons. The Bertz CT molecular complexity index is 493. The van der Waals surface area contributed by atoms with Gasteiger partial charge in [-0.15, -0.1) is 0 Å². The average molecular weight is 274 g/mol. The molecule has 0 aliphatic rings. The van der Waals surface area contributed by atoms with Gasteiger partial charge in [-0.2, -0.15) is 9.40 Å². The van der Waals surface area contributed by atoms with Gasteiger partial charge in [-0.3, -0.25) is 5.10 Å². The molecule has 0 amide bonds. The van der Waals surface area contributed by atoms with E-state index in [1.807, 2.05) is 0 Å². The number of aryl methyl sites for hydroxylation is 1. The fraction of sp³-hybridized carbons (Fsp3) is 0.727. The summed E-state index contributed by atoms with van der Waals surface area (Å²) in [5.41, 5.74) is 6.84. The molecule has 1 aromatic rings. The zero-order valence-corrected chi connectivity index (χ0v) is 12.2. The Morgan fingerprint density at radius 2 is 2.06 bits per heavy atom. The maximum atomic E-state index is 12.3. The highest BCUT2D eigenvalue weighted by Crippen LogP contribution is 2.19. The zero-order chi connectivity index (χ0) is 13.9. The molecule has 18 heavy (non-hydrogen) atoms. The van der Waals surface area contributed by atoms with Crippen LogP contribution in [0.2, 0.25) is 0 Å². The van der Waals surface area contributed by atoms with E-state index in [4.69, 9.17) is 5.73 Å². The number of aromatic amines is 1. The third-order valence-electron chi connectivity index (χ3n) is 2.92. The summed E-state index contributed by atoms with van der Waals surface area (Å²) >= 11 is 0. The first-order valence-electron chi connectivity index (χ1n) is 6.01. The minimum Gasteiger partial charge on any atom is -0.326 e. The number of aromatic nitrogens is 2. The quantitative estimate of drug-likeness (QED) is 0.804. The lowest BCUT2D eigenvalue weighted by molar-refractivity contribution is 0.425. The molecule has 7 heteroatoms. The molecule has 1 heterocycles. The van der Waals surface area contributed by atoms with Gasteiger partial charge in [0.1, 0.15) is 0 Å². The normalized spacial score (nSPS) is 12.6. The van der Waals surface area contributed by atoms with E-state index in [2.05, 4.69) is 24.0 Å².